The number of oxazole rings is 1. The molecule has 206 valence electrons. The highest BCUT2D eigenvalue weighted by atomic mass is 32.2. The number of ether oxygens (including phenoxy) is 2. The van der Waals surface area contributed by atoms with Gasteiger partial charge in [0.15, 0.2) is 0 Å². The van der Waals surface area contributed by atoms with Crippen molar-refractivity contribution >= 4 is 16.2 Å². The first-order valence-electron chi connectivity index (χ1n) is 11.5. The molecule has 13 heteroatoms. The number of carbonyl (C=O) groups is 1. The van der Waals surface area contributed by atoms with Crippen LogP contribution in [0.1, 0.15) is 29.5 Å². The molecule has 0 atom stereocenters. The Bertz CT molecular complexity index is 1360. The molecule has 0 unspecified atom stereocenters. The van der Waals surface area contributed by atoms with Crippen molar-refractivity contribution in [1.29, 1.82) is 0 Å². The fraction of sp³-hybridized carbons (Fsp3) is 0.360. The van der Waals surface area contributed by atoms with Crippen molar-refractivity contribution in [3.63, 3.8) is 0 Å². The van der Waals surface area contributed by atoms with Gasteiger partial charge in [-0.2, -0.15) is 30.2 Å². The fourth-order valence-corrected chi connectivity index (χ4v) is 4.42. The monoisotopic (exact) mass is 555 g/mol. The topological polar surface area (TPSA) is 102 Å². The van der Waals surface area contributed by atoms with Crippen LogP contribution in [-0.4, -0.2) is 55.2 Å². The molecule has 0 aliphatic rings. The van der Waals surface area contributed by atoms with Gasteiger partial charge in [-0.3, -0.25) is 4.79 Å². The number of alkyl halides is 3. The number of esters is 1. The van der Waals surface area contributed by atoms with E-state index in [0.717, 1.165) is 20.7 Å². The summed E-state index contributed by atoms with van der Waals surface area (Å²) < 4.78 is 82.3. The van der Waals surface area contributed by atoms with E-state index in [1.54, 1.807) is 38.1 Å². The smallest absolute Gasteiger partial charge is 0.416 e. The summed E-state index contributed by atoms with van der Waals surface area (Å²) in [7, 11) is -1.18. The van der Waals surface area contributed by atoms with Gasteiger partial charge in [-0.05, 0) is 55.8 Å². The van der Waals surface area contributed by atoms with Crippen LogP contribution >= 0.6 is 0 Å². The third-order valence-electron chi connectivity index (χ3n) is 5.38. The Labute approximate surface area is 219 Å². The number of rotatable bonds is 11. The molecular weight excluding hydrogens is 527 g/mol. The lowest BCUT2D eigenvalue weighted by Gasteiger charge is -2.24. The van der Waals surface area contributed by atoms with Gasteiger partial charge in [-0.25, -0.2) is 4.98 Å². The number of halogens is 3. The molecule has 0 aliphatic carbocycles. The van der Waals surface area contributed by atoms with Crippen LogP contribution in [0.15, 0.2) is 52.9 Å². The van der Waals surface area contributed by atoms with E-state index in [0.29, 0.717) is 28.3 Å². The molecule has 0 saturated heterocycles. The Balaban J connectivity index is 1.72. The lowest BCUT2D eigenvalue weighted by atomic mass is 10.1. The first kappa shape index (κ1) is 29.1. The van der Waals surface area contributed by atoms with Crippen molar-refractivity contribution in [3.05, 3.63) is 71.1 Å². The van der Waals surface area contributed by atoms with Gasteiger partial charge in [-0.1, -0.05) is 12.1 Å². The molecule has 2 aromatic carbocycles. The number of benzene rings is 2. The second-order valence-corrected chi connectivity index (χ2v) is 10.5. The van der Waals surface area contributed by atoms with Crippen LogP contribution in [0.5, 0.6) is 5.75 Å². The maximum Gasteiger partial charge on any atom is 0.416 e. The number of hydrogen-bond acceptors (Lipinski definition) is 7. The van der Waals surface area contributed by atoms with E-state index in [9.17, 15) is 26.4 Å². The van der Waals surface area contributed by atoms with Crippen LogP contribution < -0.4 is 4.74 Å². The van der Waals surface area contributed by atoms with Crippen LogP contribution in [0.25, 0.3) is 11.5 Å². The number of aryl methyl sites for hydroxylation is 1. The first-order chi connectivity index (χ1) is 17.8. The second-order valence-electron chi connectivity index (χ2n) is 8.40. The molecule has 3 rings (SSSR count). The van der Waals surface area contributed by atoms with Crippen molar-refractivity contribution in [2.45, 2.75) is 33.2 Å². The zero-order chi connectivity index (χ0) is 28.1. The van der Waals surface area contributed by atoms with Crippen molar-refractivity contribution in [1.82, 2.24) is 13.6 Å². The maximum absolute atomic E-state index is 12.8. The van der Waals surface area contributed by atoms with Gasteiger partial charge in [0.1, 0.15) is 30.4 Å². The number of aromatic nitrogens is 1. The summed E-state index contributed by atoms with van der Waals surface area (Å²) in [5, 5.41) is 0. The van der Waals surface area contributed by atoms with E-state index in [4.69, 9.17) is 13.9 Å². The van der Waals surface area contributed by atoms with Crippen LogP contribution in [0.3, 0.4) is 0 Å². The van der Waals surface area contributed by atoms with E-state index in [1.807, 2.05) is 0 Å². The van der Waals surface area contributed by atoms with Gasteiger partial charge in [0.05, 0.1) is 12.2 Å². The summed E-state index contributed by atoms with van der Waals surface area (Å²) in [6.45, 7) is 2.87. The predicted molar refractivity (Wildman–Crippen MR) is 132 cm³/mol. The SMILES string of the molecule is CCOC(=O)CN(Cc1cccc(OCc2nc(-c3ccc(C(F)(F)F)cc3)oc2C)c1)S(=O)(=O)N(C)C. The molecule has 0 saturated carbocycles. The lowest BCUT2D eigenvalue weighted by molar-refractivity contribution is -0.143. The highest BCUT2D eigenvalue weighted by Gasteiger charge is 2.30. The first-order valence-corrected chi connectivity index (χ1v) is 12.9. The quantitative estimate of drug-likeness (QED) is 0.323. The van der Waals surface area contributed by atoms with E-state index < -0.39 is 34.5 Å². The normalized spacial score (nSPS) is 12.2. The molecular formula is C25H28F3N3O6S. The van der Waals surface area contributed by atoms with Crippen molar-refractivity contribution in [3.8, 4) is 17.2 Å². The molecule has 1 heterocycles. The maximum atomic E-state index is 12.8. The third kappa shape index (κ3) is 7.33. The molecule has 3 aromatic rings. The minimum absolute atomic E-state index is 0.00194. The minimum Gasteiger partial charge on any atom is -0.487 e. The molecule has 0 spiro atoms. The van der Waals surface area contributed by atoms with Gasteiger partial charge in [0.2, 0.25) is 5.89 Å². The highest BCUT2D eigenvalue weighted by Crippen LogP contribution is 2.31. The Morgan fingerprint density at radius 2 is 1.79 bits per heavy atom. The third-order valence-corrected chi connectivity index (χ3v) is 7.22. The molecule has 9 nitrogen and oxygen atoms in total. The largest absolute Gasteiger partial charge is 0.487 e. The van der Waals surface area contributed by atoms with Gasteiger partial charge in [0.25, 0.3) is 10.2 Å². The van der Waals surface area contributed by atoms with Crippen LogP contribution in [0.2, 0.25) is 0 Å². The van der Waals surface area contributed by atoms with E-state index in [-0.39, 0.29) is 25.6 Å². The number of hydrogen-bond donors (Lipinski definition) is 0. The van der Waals surface area contributed by atoms with Crippen molar-refractivity contribution < 1.29 is 40.3 Å². The number of nitrogens with zero attached hydrogens (tertiary/aromatic N) is 3. The van der Waals surface area contributed by atoms with Gasteiger partial charge in [-0.15, -0.1) is 0 Å². The molecule has 38 heavy (non-hydrogen) atoms. The average Bonchev–Trinajstić information content (AvgIpc) is 3.22. The molecule has 0 aliphatic heterocycles. The Morgan fingerprint density at radius 1 is 1.11 bits per heavy atom. The predicted octanol–water partition coefficient (Wildman–Crippen LogP) is 4.42. The highest BCUT2D eigenvalue weighted by molar-refractivity contribution is 7.86. The number of carbonyl (C=O) groups excluding carboxylic acids is 1. The van der Waals surface area contributed by atoms with E-state index in [1.165, 1.54) is 26.2 Å². The summed E-state index contributed by atoms with van der Waals surface area (Å²) in [4.78, 5) is 16.3. The fourth-order valence-electron chi connectivity index (χ4n) is 3.38. The van der Waals surface area contributed by atoms with Gasteiger partial charge in [0, 0.05) is 26.2 Å². The Kier molecular flexibility index (Phi) is 9.18. The van der Waals surface area contributed by atoms with Gasteiger partial charge >= 0.3 is 12.1 Å². The molecule has 0 amide bonds. The standard InChI is InChI=1S/C25H28F3N3O6S/c1-5-35-23(32)15-31(38(33,34)30(3)4)14-18-7-6-8-21(13-18)36-16-22-17(2)37-24(29-22)19-9-11-20(12-10-19)25(26,27)28/h6-13H,5,14-16H2,1-4H3. The minimum atomic E-state index is -4.44. The summed E-state index contributed by atoms with van der Waals surface area (Å²) in [6, 6.07) is 11.2. The average molecular weight is 556 g/mol. The molecule has 0 bridgehead atoms. The summed E-state index contributed by atoms with van der Waals surface area (Å²) >= 11 is 0. The lowest BCUT2D eigenvalue weighted by Crippen LogP contribution is -2.42. The Hall–Kier alpha value is -3.42. The van der Waals surface area contributed by atoms with E-state index >= 15 is 0 Å². The van der Waals surface area contributed by atoms with Gasteiger partial charge < -0.3 is 13.9 Å². The molecule has 1 aromatic heterocycles. The molecule has 0 radical (unpaired) electrons. The summed E-state index contributed by atoms with van der Waals surface area (Å²) in [5.74, 6) is 0.343. The second kappa shape index (κ2) is 12.0. The van der Waals surface area contributed by atoms with Crippen molar-refractivity contribution in [2.75, 3.05) is 27.2 Å². The summed E-state index contributed by atoms with van der Waals surface area (Å²) in [5.41, 5.74) is 0.634. The van der Waals surface area contributed by atoms with Crippen molar-refractivity contribution in [2.24, 2.45) is 0 Å². The molecule has 0 N–H and O–H groups in total. The zero-order valence-electron chi connectivity index (χ0n) is 21.3. The van der Waals surface area contributed by atoms with Crippen LogP contribution in [0.4, 0.5) is 13.2 Å². The molecule has 0 fully saturated rings. The summed E-state index contributed by atoms with van der Waals surface area (Å²) in [6.07, 6.45) is -4.44. The Morgan fingerprint density at radius 3 is 2.39 bits per heavy atom. The zero-order valence-corrected chi connectivity index (χ0v) is 22.1. The van der Waals surface area contributed by atoms with Crippen LogP contribution in [0, 0.1) is 6.92 Å². The van der Waals surface area contributed by atoms with E-state index in [2.05, 4.69) is 4.98 Å². The van der Waals surface area contributed by atoms with Crippen LogP contribution in [-0.2, 0) is 39.1 Å².